The first-order valence-electron chi connectivity index (χ1n) is 6.29. The van der Waals surface area contributed by atoms with Crippen LogP contribution in [0.1, 0.15) is 32.2 Å². The van der Waals surface area contributed by atoms with Gasteiger partial charge in [-0.2, -0.15) is 0 Å². The number of para-hydroxylation sites is 1. The Kier molecular flexibility index (Phi) is 5.15. The zero-order valence-corrected chi connectivity index (χ0v) is 13.1. The average molecular weight is 372 g/mol. The Bertz CT molecular complexity index is 529. The molecule has 0 aliphatic heterocycles. The molecule has 2 aromatic rings. The number of aromatic nitrogens is 2. The first-order valence-corrected chi connectivity index (χ1v) is 7.37. The Morgan fingerprint density at radius 2 is 2.11 bits per heavy atom. The van der Waals surface area contributed by atoms with E-state index in [1.807, 2.05) is 31.2 Å². The van der Waals surface area contributed by atoms with Gasteiger partial charge >= 0.3 is 6.01 Å². The Morgan fingerprint density at radius 3 is 2.84 bits per heavy atom. The fourth-order valence-electron chi connectivity index (χ4n) is 1.59. The molecule has 6 heteroatoms. The first-order chi connectivity index (χ1) is 9.20. The van der Waals surface area contributed by atoms with Crippen LogP contribution < -0.4 is 10.6 Å². The van der Waals surface area contributed by atoms with Crippen LogP contribution in [0.15, 0.2) is 28.7 Å². The van der Waals surface area contributed by atoms with Crippen molar-refractivity contribution in [2.24, 2.45) is 0 Å². The zero-order valence-electron chi connectivity index (χ0n) is 11.0. The van der Waals surface area contributed by atoms with Crippen molar-refractivity contribution in [3.05, 3.63) is 33.7 Å². The van der Waals surface area contributed by atoms with Gasteiger partial charge in [0.25, 0.3) is 0 Å². The lowest BCUT2D eigenvalue weighted by Gasteiger charge is -2.07. The molecule has 0 amide bonds. The maximum Gasteiger partial charge on any atom is 0.320 e. The SMILES string of the molecule is CCCNC(C)c1nnc(Nc2ccccc2I)o1. The van der Waals surface area contributed by atoms with Crippen LogP contribution >= 0.6 is 22.6 Å². The van der Waals surface area contributed by atoms with Crippen LogP contribution in [0, 0.1) is 3.57 Å². The standard InChI is InChI=1S/C13H17IN4O/c1-3-8-15-9(2)12-17-18-13(19-12)16-11-7-5-4-6-10(11)14/h4-7,9,15H,3,8H2,1-2H3,(H,16,18). The highest BCUT2D eigenvalue weighted by Gasteiger charge is 2.13. The number of halogens is 1. The van der Waals surface area contributed by atoms with Gasteiger partial charge in [-0.3, -0.25) is 0 Å². The van der Waals surface area contributed by atoms with Gasteiger partial charge in [-0.1, -0.05) is 24.2 Å². The zero-order chi connectivity index (χ0) is 13.7. The summed E-state index contributed by atoms with van der Waals surface area (Å²) in [6.07, 6.45) is 1.08. The number of rotatable bonds is 6. The van der Waals surface area contributed by atoms with Gasteiger partial charge < -0.3 is 15.1 Å². The molecule has 2 N–H and O–H groups in total. The van der Waals surface area contributed by atoms with Gasteiger partial charge in [-0.25, -0.2) is 0 Å². The average Bonchev–Trinajstić information content (AvgIpc) is 2.87. The summed E-state index contributed by atoms with van der Waals surface area (Å²) in [5.41, 5.74) is 0.965. The quantitative estimate of drug-likeness (QED) is 0.761. The van der Waals surface area contributed by atoms with E-state index in [2.05, 4.69) is 50.3 Å². The number of nitrogens with one attached hydrogen (secondary N) is 2. The molecular formula is C13H17IN4O. The highest BCUT2D eigenvalue weighted by atomic mass is 127. The van der Waals surface area contributed by atoms with Crippen molar-refractivity contribution < 1.29 is 4.42 Å². The van der Waals surface area contributed by atoms with E-state index in [9.17, 15) is 0 Å². The van der Waals surface area contributed by atoms with E-state index in [-0.39, 0.29) is 6.04 Å². The molecule has 0 radical (unpaired) electrons. The Morgan fingerprint density at radius 1 is 1.32 bits per heavy atom. The Balaban J connectivity index is 2.03. The minimum absolute atomic E-state index is 0.0674. The van der Waals surface area contributed by atoms with E-state index in [1.54, 1.807) is 0 Å². The molecule has 0 aliphatic carbocycles. The number of nitrogens with zero attached hydrogens (tertiary/aromatic N) is 2. The lowest BCUT2D eigenvalue weighted by atomic mass is 10.3. The second kappa shape index (κ2) is 6.85. The number of benzene rings is 1. The Labute approximate surface area is 126 Å². The second-order valence-electron chi connectivity index (χ2n) is 4.23. The van der Waals surface area contributed by atoms with Crippen molar-refractivity contribution in [3.63, 3.8) is 0 Å². The van der Waals surface area contributed by atoms with Gasteiger partial charge in [0.2, 0.25) is 5.89 Å². The minimum atomic E-state index is 0.0674. The molecule has 1 unspecified atom stereocenters. The van der Waals surface area contributed by atoms with Gasteiger partial charge in [0.15, 0.2) is 0 Å². The molecule has 1 atom stereocenters. The molecule has 0 saturated heterocycles. The number of hydrogen-bond donors (Lipinski definition) is 2. The maximum absolute atomic E-state index is 5.60. The topological polar surface area (TPSA) is 63.0 Å². The fraction of sp³-hybridized carbons (Fsp3) is 0.385. The second-order valence-corrected chi connectivity index (χ2v) is 5.39. The van der Waals surface area contributed by atoms with Crippen LogP contribution in [0.25, 0.3) is 0 Å². The molecule has 0 bridgehead atoms. The number of anilines is 2. The van der Waals surface area contributed by atoms with E-state index in [4.69, 9.17) is 4.42 Å². The highest BCUT2D eigenvalue weighted by molar-refractivity contribution is 14.1. The molecule has 0 aliphatic rings. The highest BCUT2D eigenvalue weighted by Crippen LogP contribution is 2.22. The maximum atomic E-state index is 5.60. The largest absolute Gasteiger partial charge is 0.406 e. The summed E-state index contributed by atoms with van der Waals surface area (Å²) in [5.74, 6) is 0.599. The van der Waals surface area contributed by atoms with Crippen molar-refractivity contribution in [1.82, 2.24) is 15.5 Å². The molecule has 5 nitrogen and oxygen atoms in total. The van der Waals surface area contributed by atoms with E-state index >= 15 is 0 Å². The van der Waals surface area contributed by atoms with Gasteiger partial charge in [0.05, 0.1) is 11.7 Å². The molecule has 1 aromatic carbocycles. The predicted octanol–water partition coefficient (Wildman–Crippen LogP) is 3.48. The van der Waals surface area contributed by atoms with Crippen LogP contribution in [0.4, 0.5) is 11.7 Å². The lowest BCUT2D eigenvalue weighted by Crippen LogP contribution is -2.19. The first kappa shape index (κ1) is 14.3. The third-order valence-corrected chi connectivity index (χ3v) is 3.57. The smallest absolute Gasteiger partial charge is 0.320 e. The summed E-state index contributed by atoms with van der Waals surface area (Å²) in [6, 6.07) is 8.44. The van der Waals surface area contributed by atoms with Crippen molar-refractivity contribution >= 4 is 34.3 Å². The summed E-state index contributed by atoms with van der Waals surface area (Å²) < 4.78 is 6.71. The molecule has 0 fully saturated rings. The molecule has 1 heterocycles. The third-order valence-electron chi connectivity index (χ3n) is 2.63. The summed E-state index contributed by atoms with van der Waals surface area (Å²) in [5, 5.41) is 14.5. The van der Waals surface area contributed by atoms with E-state index in [0.717, 1.165) is 22.2 Å². The monoisotopic (exact) mass is 372 g/mol. The number of hydrogen-bond acceptors (Lipinski definition) is 5. The molecule has 1 aromatic heterocycles. The van der Waals surface area contributed by atoms with Crippen LogP contribution in [0.2, 0.25) is 0 Å². The van der Waals surface area contributed by atoms with Crippen LogP contribution in [0.5, 0.6) is 0 Å². The summed E-state index contributed by atoms with van der Waals surface area (Å²) in [6.45, 7) is 5.07. The van der Waals surface area contributed by atoms with E-state index < -0.39 is 0 Å². The molecule has 0 saturated carbocycles. The van der Waals surface area contributed by atoms with Crippen LogP contribution in [0.3, 0.4) is 0 Å². The molecule has 2 rings (SSSR count). The van der Waals surface area contributed by atoms with Crippen molar-refractivity contribution in [1.29, 1.82) is 0 Å². The van der Waals surface area contributed by atoms with Gasteiger partial charge in [-0.15, -0.1) is 5.10 Å². The van der Waals surface area contributed by atoms with Gasteiger partial charge in [0.1, 0.15) is 0 Å². The van der Waals surface area contributed by atoms with E-state index in [1.165, 1.54) is 0 Å². The molecule has 19 heavy (non-hydrogen) atoms. The van der Waals surface area contributed by atoms with Crippen LogP contribution in [-0.4, -0.2) is 16.7 Å². The summed E-state index contributed by atoms with van der Waals surface area (Å²) in [4.78, 5) is 0. The van der Waals surface area contributed by atoms with Gasteiger partial charge in [0, 0.05) is 3.57 Å². The van der Waals surface area contributed by atoms with E-state index in [0.29, 0.717) is 11.9 Å². The summed E-state index contributed by atoms with van der Waals surface area (Å²) >= 11 is 2.26. The third kappa shape index (κ3) is 3.90. The van der Waals surface area contributed by atoms with Crippen molar-refractivity contribution in [3.8, 4) is 0 Å². The van der Waals surface area contributed by atoms with Crippen LogP contribution in [-0.2, 0) is 0 Å². The molecule has 0 spiro atoms. The molecule has 102 valence electrons. The predicted molar refractivity (Wildman–Crippen MR) is 83.4 cm³/mol. The fourth-order valence-corrected chi connectivity index (χ4v) is 2.11. The minimum Gasteiger partial charge on any atom is -0.406 e. The normalized spacial score (nSPS) is 12.4. The van der Waals surface area contributed by atoms with Gasteiger partial charge in [-0.05, 0) is 54.6 Å². The Hall–Kier alpha value is -1.15. The molecular weight excluding hydrogens is 355 g/mol. The summed E-state index contributed by atoms with van der Waals surface area (Å²) in [7, 11) is 0. The van der Waals surface area contributed by atoms with Crippen molar-refractivity contribution in [2.45, 2.75) is 26.3 Å². The lowest BCUT2D eigenvalue weighted by molar-refractivity contribution is 0.424. The van der Waals surface area contributed by atoms with Crippen molar-refractivity contribution in [2.75, 3.05) is 11.9 Å².